The standard InChI is InChI=1S/C19H19F2N5O3.ClH/c20-14-4-1-12(2-5-14)7-8-29-17-6-3-13(9-16(17)21)19-23-25-26(24-19)11-15(22)10-18(27)28;/h1-6,9,15H,7-8,10-11,22H2,(H,27,28);1H/t15-;/m0./s1. The Morgan fingerprint density at radius 2 is 1.93 bits per heavy atom. The molecule has 0 saturated heterocycles. The number of aliphatic carboxylic acids is 1. The van der Waals surface area contributed by atoms with Crippen LogP contribution in [0, 0.1) is 11.6 Å². The van der Waals surface area contributed by atoms with Gasteiger partial charge in [0.1, 0.15) is 5.82 Å². The van der Waals surface area contributed by atoms with Gasteiger partial charge in [0.05, 0.1) is 19.6 Å². The monoisotopic (exact) mass is 439 g/mol. The second-order valence-corrected chi connectivity index (χ2v) is 6.40. The number of carbonyl (C=O) groups is 1. The van der Waals surface area contributed by atoms with Gasteiger partial charge in [-0.2, -0.15) is 4.80 Å². The van der Waals surface area contributed by atoms with Gasteiger partial charge in [0.2, 0.25) is 5.82 Å². The maximum absolute atomic E-state index is 14.3. The van der Waals surface area contributed by atoms with Crippen LogP contribution in [0.4, 0.5) is 8.78 Å². The largest absolute Gasteiger partial charge is 0.490 e. The number of nitrogens with two attached hydrogens (primary N) is 1. The summed E-state index contributed by atoms with van der Waals surface area (Å²) >= 11 is 0. The highest BCUT2D eigenvalue weighted by Gasteiger charge is 2.14. The summed E-state index contributed by atoms with van der Waals surface area (Å²) in [5.41, 5.74) is 6.96. The number of carboxylic acid groups (broad SMARTS) is 1. The quantitative estimate of drug-likeness (QED) is 0.526. The van der Waals surface area contributed by atoms with E-state index in [1.807, 2.05) is 0 Å². The van der Waals surface area contributed by atoms with Crippen molar-refractivity contribution >= 4 is 18.4 Å². The minimum absolute atomic E-state index is 0. The molecular formula is C19H20ClF2N5O3. The van der Waals surface area contributed by atoms with E-state index in [1.165, 1.54) is 29.1 Å². The average Bonchev–Trinajstić information content (AvgIpc) is 3.12. The van der Waals surface area contributed by atoms with Gasteiger partial charge in [-0.25, -0.2) is 8.78 Å². The smallest absolute Gasteiger partial charge is 0.304 e. The molecule has 0 aliphatic rings. The van der Waals surface area contributed by atoms with E-state index in [9.17, 15) is 13.6 Å². The summed E-state index contributed by atoms with van der Waals surface area (Å²) in [6, 6.07) is 9.64. The van der Waals surface area contributed by atoms with Crippen molar-refractivity contribution in [3.05, 3.63) is 59.7 Å². The molecule has 2 aromatic carbocycles. The Hall–Kier alpha value is -3.11. The molecule has 1 atom stereocenters. The van der Waals surface area contributed by atoms with Crippen molar-refractivity contribution < 1.29 is 23.4 Å². The summed E-state index contributed by atoms with van der Waals surface area (Å²) in [4.78, 5) is 11.8. The third-order valence-corrected chi connectivity index (χ3v) is 4.04. The number of tetrazole rings is 1. The van der Waals surface area contributed by atoms with Gasteiger partial charge in [0.25, 0.3) is 0 Å². The van der Waals surface area contributed by atoms with E-state index in [2.05, 4.69) is 15.4 Å². The van der Waals surface area contributed by atoms with Gasteiger partial charge < -0.3 is 15.6 Å². The Balaban J connectivity index is 0.00000320. The molecule has 0 unspecified atom stereocenters. The van der Waals surface area contributed by atoms with Crippen molar-refractivity contribution in [1.82, 2.24) is 20.2 Å². The zero-order chi connectivity index (χ0) is 20.8. The van der Waals surface area contributed by atoms with E-state index in [-0.39, 0.29) is 49.4 Å². The van der Waals surface area contributed by atoms with Gasteiger partial charge >= 0.3 is 5.97 Å². The molecule has 0 bridgehead atoms. The summed E-state index contributed by atoms with van der Waals surface area (Å²) in [6.45, 7) is 0.310. The molecule has 0 aliphatic carbocycles. The Morgan fingerprint density at radius 1 is 1.20 bits per heavy atom. The number of carboxylic acids is 1. The summed E-state index contributed by atoms with van der Waals surface area (Å²) in [6.07, 6.45) is 0.281. The van der Waals surface area contributed by atoms with Gasteiger partial charge in [-0.1, -0.05) is 12.1 Å². The van der Waals surface area contributed by atoms with Crippen LogP contribution >= 0.6 is 12.4 Å². The fourth-order valence-corrected chi connectivity index (χ4v) is 2.62. The minimum atomic E-state index is -1.02. The maximum atomic E-state index is 14.3. The SMILES string of the molecule is Cl.N[C@@H](CC(=O)O)Cn1nnc(-c2ccc(OCCc3ccc(F)cc3)c(F)c2)n1. The fraction of sp³-hybridized carbons (Fsp3) is 0.263. The zero-order valence-corrected chi connectivity index (χ0v) is 16.6. The van der Waals surface area contributed by atoms with Crippen LogP contribution in [0.5, 0.6) is 5.75 Å². The number of ether oxygens (including phenoxy) is 1. The predicted octanol–water partition coefficient (Wildman–Crippen LogP) is 2.46. The van der Waals surface area contributed by atoms with Gasteiger partial charge in [-0.05, 0) is 41.1 Å². The number of rotatable bonds is 9. The van der Waals surface area contributed by atoms with Crippen LogP contribution < -0.4 is 10.5 Å². The molecule has 11 heteroatoms. The topological polar surface area (TPSA) is 116 Å². The van der Waals surface area contributed by atoms with E-state index in [1.54, 1.807) is 18.2 Å². The van der Waals surface area contributed by atoms with Crippen molar-refractivity contribution in [2.24, 2.45) is 5.73 Å². The predicted molar refractivity (Wildman–Crippen MR) is 106 cm³/mol. The summed E-state index contributed by atoms with van der Waals surface area (Å²) in [5, 5.41) is 20.5. The van der Waals surface area contributed by atoms with Gasteiger partial charge in [0, 0.05) is 18.0 Å². The second-order valence-electron chi connectivity index (χ2n) is 6.40. The Labute approximate surface area is 177 Å². The van der Waals surface area contributed by atoms with Crippen LogP contribution in [0.1, 0.15) is 12.0 Å². The first-order chi connectivity index (χ1) is 13.9. The number of aromatic nitrogens is 4. The first-order valence-corrected chi connectivity index (χ1v) is 8.83. The first kappa shape index (κ1) is 23.2. The number of nitrogens with zero attached hydrogens (tertiary/aromatic N) is 4. The molecule has 8 nitrogen and oxygen atoms in total. The Morgan fingerprint density at radius 3 is 2.60 bits per heavy atom. The van der Waals surface area contributed by atoms with Crippen LogP contribution in [0.15, 0.2) is 42.5 Å². The number of hydrogen-bond acceptors (Lipinski definition) is 6. The van der Waals surface area contributed by atoms with E-state index >= 15 is 0 Å². The summed E-state index contributed by atoms with van der Waals surface area (Å²) in [7, 11) is 0. The van der Waals surface area contributed by atoms with E-state index in [0.29, 0.717) is 12.0 Å². The van der Waals surface area contributed by atoms with Crippen LogP contribution in [-0.2, 0) is 17.8 Å². The van der Waals surface area contributed by atoms with Crippen molar-refractivity contribution in [1.29, 1.82) is 0 Å². The van der Waals surface area contributed by atoms with Crippen LogP contribution in [0.3, 0.4) is 0 Å². The molecule has 3 rings (SSSR count). The highest BCUT2D eigenvalue weighted by atomic mass is 35.5. The lowest BCUT2D eigenvalue weighted by molar-refractivity contribution is -0.137. The van der Waals surface area contributed by atoms with Crippen LogP contribution in [-0.4, -0.2) is 43.9 Å². The van der Waals surface area contributed by atoms with E-state index in [4.69, 9.17) is 15.6 Å². The third kappa shape index (κ3) is 6.46. The van der Waals surface area contributed by atoms with Gasteiger partial charge in [0.15, 0.2) is 11.6 Å². The van der Waals surface area contributed by atoms with Crippen molar-refractivity contribution in [3.63, 3.8) is 0 Å². The second kappa shape index (κ2) is 10.6. The molecule has 0 radical (unpaired) electrons. The molecule has 30 heavy (non-hydrogen) atoms. The molecule has 0 amide bonds. The molecule has 0 spiro atoms. The summed E-state index contributed by atoms with van der Waals surface area (Å²) in [5.74, 6) is -1.66. The lowest BCUT2D eigenvalue weighted by Gasteiger charge is -2.08. The molecule has 160 valence electrons. The highest BCUT2D eigenvalue weighted by molar-refractivity contribution is 5.85. The van der Waals surface area contributed by atoms with Gasteiger partial charge in [-0.3, -0.25) is 4.79 Å². The zero-order valence-electron chi connectivity index (χ0n) is 15.7. The maximum Gasteiger partial charge on any atom is 0.304 e. The van der Waals surface area contributed by atoms with Gasteiger partial charge in [-0.15, -0.1) is 22.6 Å². The average molecular weight is 440 g/mol. The lowest BCUT2D eigenvalue weighted by Crippen LogP contribution is -2.30. The minimum Gasteiger partial charge on any atom is -0.490 e. The molecule has 3 N–H and O–H groups in total. The van der Waals surface area contributed by atoms with Crippen LogP contribution in [0.2, 0.25) is 0 Å². The molecule has 0 saturated carbocycles. The van der Waals surface area contributed by atoms with Crippen molar-refractivity contribution in [2.45, 2.75) is 25.4 Å². The molecule has 0 fully saturated rings. The number of benzene rings is 2. The van der Waals surface area contributed by atoms with E-state index < -0.39 is 17.8 Å². The lowest BCUT2D eigenvalue weighted by atomic mass is 10.1. The van der Waals surface area contributed by atoms with Crippen molar-refractivity contribution in [2.75, 3.05) is 6.61 Å². The molecule has 1 heterocycles. The Bertz CT molecular complexity index is 985. The molecular weight excluding hydrogens is 420 g/mol. The number of hydrogen-bond donors (Lipinski definition) is 2. The number of halogens is 3. The highest BCUT2D eigenvalue weighted by Crippen LogP contribution is 2.23. The summed E-state index contributed by atoms with van der Waals surface area (Å²) < 4.78 is 32.7. The fourth-order valence-electron chi connectivity index (χ4n) is 2.62. The van der Waals surface area contributed by atoms with Crippen LogP contribution in [0.25, 0.3) is 11.4 Å². The van der Waals surface area contributed by atoms with E-state index in [0.717, 1.165) is 5.56 Å². The molecule has 3 aromatic rings. The normalized spacial score (nSPS) is 11.6. The Kier molecular flexibility index (Phi) is 8.19. The molecule has 0 aliphatic heterocycles. The van der Waals surface area contributed by atoms with Crippen molar-refractivity contribution in [3.8, 4) is 17.1 Å². The molecule has 1 aromatic heterocycles. The first-order valence-electron chi connectivity index (χ1n) is 8.83. The third-order valence-electron chi connectivity index (χ3n) is 4.04.